The third-order valence-corrected chi connectivity index (χ3v) is 6.19. The van der Waals surface area contributed by atoms with Crippen LogP contribution in [0.15, 0.2) is 59.8 Å². The number of rotatable bonds is 3. The second kappa shape index (κ2) is 7.94. The Bertz CT molecular complexity index is 1220. The number of benzene rings is 2. The average Bonchev–Trinajstić information content (AvgIpc) is 2.97. The van der Waals surface area contributed by atoms with Crippen LogP contribution in [-0.4, -0.2) is 29.3 Å². The van der Waals surface area contributed by atoms with E-state index in [1.807, 2.05) is 5.32 Å². The number of hydrogen-bond donors (Lipinski definition) is 1. The van der Waals surface area contributed by atoms with Crippen LogP contribution in [-0.2, 0) is 9.59 Å². The van der Waals surface area contributed by atoms with Gasteiger partial charge < -0.3 is 5.32 Å². The molecule has 1 atom stereocenters. The first kappa shape index (κ1) is 23.9. The van der Waals surface area contributed by atoms with Crippen LogP contribution in [0.4, 0.5) is 23.2 Å². The van der Waals surface area contributed by atoms with Crippen LogP contribution in [0.5, 0.6) is 0 Å². The minimum absolute atomic E-state index is 0.0359. The Morgan fingerprint density at radius 3 is 2.15 bits per heavy atom. The van der Waals surface area contributed by atoms with Crippen molar-refractivity contribution in [3.05, 3.63) is 76.2 Å². The average molecular weight is 495 g/mol. The Morgan fingerprint density at radius 1 is 1.00 bits per heavy atom. The molecule has 0 bridgehead atoms. The Morgan fingerprint density at radius 2 is 1.59 bits per heavy atom. The molecule has 0 spiro atoms. The first-order valence-corrected chi connectivity index (χ1v) is 10.7. The first-order valence-electron chi connectivity index (χ1n) is 10.3. The van der Waals surface area contributed by atoms with Crippen molar-refractivity contribution in [1.29, 1.82) is 0 Å². The Kier molecular flexibility index (Phi) is 5.59. The molecule has 0 aromatic heterocycles. The predicted octanol–water partition coefficient (Wildman–Crippen LogP) is 5.20. The standard InChI is InChI=1S/C24H19ClF4N2O3/c1-22(2)11-17-19(18(32)12-22)23(24(27,28)29,30-20(33)13-3-5-14(25)6-4-13)21(34)31(17)16-9-7-15(26)8-10-16/h3-10H,11-12H2,1-2H3,(H,30,33)/t23-/m0/s1. The molecule has 0 fully saturated rings. The summed E-state index contributed by atoms with van der Waals surface area (Å²) in [5.74, 6) is -4.29. The zero-order valence-electron chi connectivity index (χ0n) is 18.1. The number of hydrogen-bond acceptors (Lipinski definition) is 3. The van der Waals surface area contributed by atoms with E-state index in [9.17, 15) is 31.9 Å². The summed E-state index contributed by atoms with van der Waals surface area (Å²) in [5.41, 5.74) is -5.53. The van der Waals surface area contributed by atoms with Crippen molar-refractivity contribution in [2.45, 2.75) is 38.4 Å². The lowest BCUT2D eigenvalue weighted by Gasteiger charge is -2.35. The van der Waals surface area contributed by atoms with Gasteiger partial charge in [-0.3, -0.25) is 19.3 Å². The zero-order chi connectivity index (χ0) is 25.1. The summed E-state index contributed by atoms with van der Waals surface area (Å²) >= 11 is 5.79. The summed E-state index contributed by atoms with van der Waals surface area (Å²) in [7, 11) is 0. The maximum atomic E-state index is 14.8. The lowest BCUT2D eigenvalue weighted by atomic mass is 9.72. The third-order valence-electron chi connectivity index (χ3n) is 5.94. The molecular formula is C24H19ClF4N2O3. The van der Waals surface area contributed by atoms with Crippen molar-refractivity contribution in [2.24, 2.45) is 5.41 Å². The van der Waals surface area contributed by atoms with Crippen molar-refractivity contribution in [2.75, 3.05) is 4.90 Å². The molecule has 1 aliphatic carbocycles. The molecule has 0 radical (unpaired) electrons. The number of carbonyl (C=O) groups is 3. The van der Waals surface area contributed by atoms with E-state index in [0.717, 1.165) is 29.2 Å². The van der Waals surface area contributed by atoms with Gasteiger partial charge in [-0.25, -0.2) is 4.39 Å². The number of allylic oxidation sites excluding steroid dienone is 1. The van der Waals surface area contributed by atoms with Crippen LogP contribution in [0.25, 0.3) is 0 Å². The van der Waals surface area contributed by atoms with E-state index in [4.69, 9.17) is 11.6 Å². The molecule has 2 aromatic carbocycles. The normalized spacial score (nSPS) is 22.1. The molecule has 34 heavy (non-hydrogen) atoms. The van der Waals surface area contributed by atoms with Crippen molar-refractivity contribution < 1.29 is 31.9 Å². The number of nitrogens with one attached hydrogen (secondary N) is 1. The van der Waals surface area contributed by atoms with Crippen LogP contribution in [0.2, 0.25) is 5.02 Å². The zero-order valence-corrected chi connectivity index (χ0v) is 18.9. The fourth-order valence-electron chi connectivity index (χ4n) is 4.46. The van der Waals surface area contributed by atoms with E-state index in [1.165, 1.54) is 24.3 Å². The fraction of sp³-hybridized carbons (Fsp3) is 0.292. The van der Waals surface area contributed by atoms with Crippen LogP contribution < -0.4 is 10.2 Å². The lowest BCUT2D eigenvalue weighted by Crippen LogP contribution is -2.66. The summed E-state index contributed by atoms with van der Waals surface area (Å²) in [6, 6.07) is 9.35. The van der Waals surface area contributed by atoms with Gasteiger partial charge >= 0.3 is 6.18 Å². The molecule has 4 rings (SSSR count). The second-order valence-electron chi connectivity index (χ2n) is 9.09. The third kappa shape index (κ3) is 3.77. The van der Waals surface area contributed by atoms with E-state index >= 15 is 0 Å². The van der Waals surface area contributed by atoms with Crippen molar-refractivity contribution in [3.63, 3.8) is 0 Å². The highest BCUT2D eigenvalue weighted by Crippen LogP contribution is 2.52. The molecule has 2 aromatic rings. The van der Waals surface area contributed by atoms with Crippen LogP contribution >= 0.6 is 11.6 Å². The molecule has 1 N–H and O–H groups in total. The summed E-state index contributed by atoms with van der Waals surface area (Å²) in [6.07, 6.45) is -5.63. The Labute approximate surface area is 197 Å². The van der Waals surface area contributed by atoms with Crippen molar-refractivity contribution in [1.82, 2.24) is 5.32 Å². The van der Waals surface area contributed by atoms with Gasteiger partial charge in [0.1, 0.15) is 5.82 Å². The van der Waals surface area contributed by atoms with Gasteiger partial charge in [0, 0.05) is 28.4 Å². The minimum Gasteiger partial charge on any atom is -0.326 e. The Balaban J connectivity index is 1.93. The molecule has 10 heteroatoms. The van der Waals surface area contributed by atoms with E-state index in [-0.39, 0.29) is 34.8 Å². The molecule has 1 aliphatic heterocycles. The number of amides is 2. The van der Waals surface area contributed by atoms with E-state index in [1.54, 1.807) is 13.8 Å². The first-order chi connectivity index (χ1) is 15.8. The molecular weight excluding hydrogens is 476 g/mol. The predicted molar refractivity (Wildman–Crippen MR) is 117 cm³/mol. The quantitative estimate of drug-likeness (QED) is 0.596. The van der Waals surface area contributed by atoms with Gasteiger partial charge in [-0.2, -0.15) is 13.2 Å². The van der Waals surface area contributed by atoms with Gasteiger partial charge in [0.25, 0.3) is 11.8 Å². The number of alkyl halides is 3. The molecule has 0 saturated carbocycles. The molecule has 0 unspecified atom stereocenters. The Hall–Kier alpha value is -3.20. The van der Waals surface area contributed by atoms with Gasteiger partial charge in [-0.1, -0.05) is 25.4 Å². The molecule has 5 nitrogen and oxygen atoms in total. The van der Waals surface area contributed by atoms with Gasteiger partial charge in [0.2, 0.25) is 5.54 Å². The highest BCUT2D eigenvalue weighted by Gasteiger charge is 2.72. The second-order valence-corrected chi connectivity index (χ2v) is 9.52. The SMILES string of the molecule is CC1(C)CC(=O)C2=C(C1)N(c1ccc(F)cc1)C(=O)[C@]2(NC(=O)c1ccc(Cl)cc1)C(F)(F)F. The van der Waals surface area contributed by atoms with E-state index < -0.39 is 46.1 Å². The van der Waals surface area contributed by atoms with Crippen molar-refractivity contribution in [3.8, 4) is 0 Å². The maximum Gasteiger partial charge on any atom is 0.425 e. The highest BCUT2D eigenvalue weighted by molar-refractivity contribution is 6.30. The molecule has 2 amide bonds. The largest absolute Gasteiger partial charge is 0.425 e. The van der Waals surface area contributed by atoms with Crippen LogP contribution in [0, 0.1) is 11.2 Å². The summed E-state index contributed by atoms with van der Waals surface area (Å²) < 4.78 is 57.8. The number of halogens is 5. The molecule has 1 heterocycles. The number of carbonyl (C=O) groups excluding carboxylic acids is 3. The summed E-state index contributed by atoms with van der Waals surface area (Å²) in [5, 5.41) is 2.10. The van der Waals surface area contributed by atoms with Gasteiger partial charge in [0.15, 0.2) is 5.78 Å². The van der Waals surface area contributed by atoms with Crippen molar-refractivity contribution >= 4 is 34.9 Å². The smallest absolute Gasteiger partial charge is 0.326 e. The van der Waals surface area contributed by atoms with Crippen LogP contribution in [0.1, 0.15) is 37.0 Å². The van der Waals surface area contributed by atoms with E-state index in [2.05, 4.69) is 0 Å². The van der Waals surface area contributed by atoms with Gasteiger partial charge in [-0.05, 0) is 60.4 Å². The topological polar surface area (TPSA) is 66.5 Å². The number of Topliss-reactive ketones (excluding diaryl/α,β-unsaturated/α-hetero) is 1. The van der Waals surface area contributed by atoms with Crippen LogP contribution in [0.3, 0.4) is 0 Å². The molecule has 0 saturated heterocycles. The summed E-state index contributed by atoms with van der Waals surface area (Å²) in [6.45, 7) is 3.39. The van der Waals surface area contributed by atoms with Gasteiger partial charge in [0.05, 0.1) is 5.57 Å². The number of anilines is 1. The monoisotopic (exact) mass is 494 g/mol. The highest BCUT2D eigenvalue weighted by atomic mass is 35.5. The summed E-state index contributed by atoms with van der Waals surface area (Å²) in [4.78, 5) is 40.4. The van der Waals surface area contributed by atoms with Gasteiger partial charge in [-0.15, -0.1) is 0 Å². The number of nitrogens with zero attached hydrogens (tertiary/aromatic N) is 1. The molecule has 2 aliphatic rings. The fourth-order valence-corrected chi connectivity index (χ4v) is 4.58. The number of ketones is 1. The maximum absolute atomic E-state index is 14.8. The molecule has 178 valence electrons. The lowest BCUT2D eigenvalue weighted by molar-refractivity contribution is -0.186. The minimum atomic E-state index is -5.35. The van der Waals surface area contributed by atoms with E-state index in [0.29, 0.717) is 0 Å².